The van der Waals surface area contributed by atoms with Gasteiger partial charge in [-0.2, -0.15) is 0 Å². The zero-order valence-corrected chi connectivity index (χ0v) is 18.9. The fourth-order valence-corrected chi connectivity index (χ4v) is 4.53. The molecule has 1 atom stereocenters. The first-order valence-electron chi connectivity index (χ1n) is 11.5. The number of aromatic nitrogens is 1. The second-order valence-corrected chi connectivity index (χ2v) is 8.81. The van der Waals surface area contributed by atoms with E-state index in [2.05, 4.69) is 15.3 Å². The standard InChI is InChI=1S/C23H30N6O4/c1-16-12-17-7-8-18(13-20(17)24-16)25-21(14-29(32)33)26-19-6-2-3-11-28(23(19)31)15-22(30)27-9-4-5-10-27/h7-8,12-13,19,24H,2-6,9-11,14-15H2,1H3,(H,25,26)/t19-/m0/s1. The summed E-state index contributed by atoms with van der Waals surface area (Å²) in [5, 5.41) is 15.4. The van der Waals surface area contributed by atoms with Gasteiger partial charge in [0.2, 0.25) is 11.8 Å². The van der Waals surface area contributed by atoms with E-state index in [9.17, 15) is 19.7 Å². The molecule has 0 spiro atoms. The van der Waals surface area contributed by atoms with Crippen molar-refractivity contribution in [3.05, 3.63) is 40.1 Å². The number of amides is 2. The van der Waals surface area contributed by atoms with Gasteiger partial charge in [0.1, 0.15) is 6.04 Å². The summed E-state index contributed by atoms with van der Waals surface area (Å²) in [5.74, 6) is -0.143. The van der Waals surface area contributed by atoms with E-state index in [-0.39, 0.29) is 24.2 Å². The number of carbonyl (C=O) groups excluding carboxylic acids is 2. The van der Waals surface area contributed by atoms with Gasteiger partial charge in [0.25, 0.3) is 6.54 Å². The van der Waals surface area contributed by atoms with Gasteiger partial charge in [-0.25, -0.2) is 0 Å². The van der Waals surface area contributed by atoms with Crippen LogP contribution in [-0.2, 0) is 9.59 Å². The molecule has 2 aliphatic heterocycles. The highest BCUT2D eigenvalue weighted by molar-refractivity contribution is 6.00. The Morgan fingerprint density at radius 2 is 1.97 bits per heavy atom. The van der Waals surface area contributed by atoms with E-state index in [0.29, 0.717) is 18.7 Å². The lowest BCUT2D eigenvalue weighted by Gasteiger charge is -2.25. The molecule has 1 aromatic heterocycles. The van der Waals surface area contributed by atoms with Crippen LogP contribution in [0.1, 0.15) is 37.8 Å². The van der Waals surface area contributed by atoms with Crippen LogP contribution in [0.25, 0.3) is 10.9 Å². The molecule has 2 saturated heterocycles. The van der Waals surface area contributed by atoms with Gasteiger partial charge in [0.15, 0.2) is 5.84 Å². The Kier molecular flexibility index (Phi) is 6.90. The van der Waals surface area contributed by atoms with E-state index in [1.165, 1.54) is 0 Å². The fourth-order valence-electron chi connectivity index (χ4n) is 4.53. The molecule has 2 aromatic rings. The van der Waals surface area contributed by atoms with Crippen LogP contribution in [0.2, 0.25) is 0 Å². The maximum Gasteiger partial charge on any atom is 0.260 e. The van der Waals surface area contributed by atoms with Crippen LogP contribution in [0, 0.1) is 17.0 Å². The molecule has 4 rings (SSSR count). The average molecular weight is 455 g/mol. The summed E-state index contributed by atoms with van der Waals surface area (Å²) in [4.78, 5) is 47.7. The molecule has 2 aliphatic rings. The number of rotatable bonds is 6. The minimum absolute atomic E-state index is 0.0383. The second kappa shape index (κ2) is 10.0. The zero-order valence-electron chi connectivity index (χ0n) is 18.9. The summed E-state index contributed by atoms with van der Waals surface area (Å²) in [6, 6.07) is 6.91. The number of nitrogens with zero attached hydrogens (tertiary/aromatic N) is 4. The molecule has 1 aromatic carbocycles. The number of anilines is 1. The summed E-state index contributed by atoms with van der Waals surface area (Å²) in [5.41, 5.74) is 2.59. The molecular formula is C23H30N6O4. The van der Waals surface area contributed by atoms with Gasteiger partial charge in [-0.15, -0.1) is 0 Å². The van der Waals surface area contributed by atoms with Crippen molar-refractivity contribution in [2.75, 3.05) is 38.0 Å². The van der Waals surface area contributed by atoms with Gasteiger partial charge in [-0.3, -0.25) is 24.7 Å². The molecule has 2 N–H and O–H groups in total. The molecule has 2 amide bonds. The van der Waals surface area contributed by atoms with E-state index in [4.69, 9.17) is 0 Å². The lowest BCUT2D eigenvalue weighted by atomic mass is 10.1. The Labute approximate surface area is 192 Å². The SMILES string of the molecule is Cc1cc2ccc(NC(C[N+](=O)[O-])=N[C@H]3CCCCN(CC(=O)N4CCCC4)C3=O)cc2[nH]1. The number of H-pyrrole nitrogens is 1. The lowest BCUT2D eigenvalue weighted by molar-refractivity contribution is -0.463. The van der Waals surface area contributed by atoms with Crippen LogP contribution in [0.3, 0.4) is 0 Å². The van der Waals surface area contributed by atoms with Gasteiger partial charge < -0.3 is 20.1 Å². The summed E-state index contributed by atoms with van der Waals surface area (Å²) in [6.07, 6.45) is 4.05. The average Bonchev–Trinajstić information content (AvgIpc) is 3.39. The normalized spacial score (nSPS) is 19.7. The number of aryl methyl sites for hydroxylation is 1. The van der Waals surface area contributed by atoms with Crippen molar-refractivity contribution in [2.45, 2.75) is 45.1 Å². The Hall–Kier alpha value is -3.43. The number of nitrogens with one attached hydrogen (secondary N) is 2. The smallest absolute Gasteiger partial charge is 0.260 e. The van der Waals surface area contributed by atoms with Crippen LogP contribution >= 0.6 is 0 Å². The number of likely N-dealkylation sites (tertiary alicyclic amines) is 2. The molecule has 33 heavy (non-hydrogen) atoms. The lowest BCUT2D eigenvalue weighted by Crippen LogP contribution is -2.45. The number of hydrogen-bond acceptors (Lipinski definition) is 5. The van der Waals surface area contributed by atoms with E-state index >= 15 is 0 Å². The van der Waals surface area contributed by atoms with Crippen molar-refractivity contribution in [3.8, 4) is 0 Å². The van der Waals surface area contributed by atoms with Gasteiger partial charge in [0.05, 0.1) is 6.54 Å². The highest BCUT2D eigenvalue weighted by atomic mass is 16.6. The molecule has 0 unspecified atom stereocenters. The van der Waals surface area contributed by atoms with Crippen LogP contribution < -0.4 is 5.32 Å². The summed E-state index contributed by atoms with van der Waals surface area (Å²) < 4.78 is 0. The van der Waals surface area contributed by atoms with Crippen molar-refractivity contribution in [1.29, 1.82) is 0 Å². The number of fused-ring (bicyclic) bond motifs is 1. The van der Waals surface area contributed by atoms with Crippen molar-refractivity contribution in [3.63, 3.8) is 0 Å². The van der Waals surface area contributed by atoms with E-state index < -0.39 is 17.5 Å². The highest BCUT2D eigenvalue weighted by Gasteiger charge is 2.30. The van der Waals surface area contributed by atoms with E-state index in [0.717, 1.165) is 55.4 Å². The van der Waals surface area contributed by atoms with Crippen LogP contribution in [0.5, 0.6) is 0 Å². The topological polar surface area (TPSA) is 124 Å². The molecule has 3 heterocycles. The first-order valence-corrected chi connectivity index (χ1v) is 11.5. The Morgan fingerprint density at radius 1 is 1.21 bits per heavy atom. The molecule has 0 bridgehead atoms. The summed E-state index contributed by atoms with van der Waals surface area (Å²) >= 11 is 0. The number of benzene rings is 1. The van der Waals surface area contributed by atoms with Gasteiger partial charge >= 0.3 is 0 Å². The molecular weight excluding hydrogens is 424 g/mol. The summed E-state index contributed by atoms with van der Waals surface area (Å²) in [7, 11) is 0. The van der Waals surface area contributed by atoms with Gasteiger partial charge in [-0.1, -0.05) is 6.07 Å². The molecule has 10 nitrogen and oxygen atoms in total. The molecule has 0 saturated carbocycles. The first kappa shape index (κ1) is 22.8. The fraction of sp³-hybridized carbons (Fsp3) is 0.522. The third kappa shape index (κ3) is 5.68. The van der Waals surface area contributed by atoms with E-state index in [1.807, 2.05) is 31.2 Å². The van der Waals surface area contributed by atoms with Crippen LogP contribution in [0.4, 0.5) is 5.69 Å². The molecule has 0 aliphatic carbocycles. The molecule has 2 fully saturated rings. The zero-order chi connectivity index (χ0) is 23.4. The van der Waals surface area contributed by atoms with Crippen LogP contribution in [0.15, 0.2) is 29.3 Å². The van der Waals surface area contributed by atoms with Crippen molar-refractivity contribution in [2.24, 2.45) is 4.99 Å². The molecule has 176 valence electrons. The molecule has 10 heteroatoms. The third-order valence-electron chi connectivity index (χ3n) is 6.17. The van der Waals surface area contributed by atoms with Crippen molar-refractivity contribution in [1.82, 2.24) is 14.8 Å². The highest BCUT2D eigenvalue weighted by Crippen LogP contribution is 2.21. The number of aromatic amines is 1. The number of hydrogen-bond donors (Lipinski definition) is 2. The monoisotopic (exact) mass is 454 g/mol. The van der Waals surface area contributed by atoms with Gasteiger partial charge in [0, 0.05) is 41.5 Å². The second-order valence-electron chi connectivity index (χ2n) is 8.81. The maximum absolute atomic E-state index is 13.2. The Balaban J connectivity index is 1.52. The Morgan fingerprint density at radius 3 is 2.73 bits per heavy atom. The van der Waals surface area contributed by atoms with Crippen molar-refractivity contribution < 1.29 is 14.5 Å². The number of nitro groups is 1. The van der Waals surface area contributed by atoms with Crippen molar-refractivity contribution >= 4 is 34.2 Å². The first-order chi connectivity index (χ1) is 15.9. The summed E-state index contributed by atoms with van der Waals surface area (Å²) in [6.45, 7) is 3.48. The maximum atomic E-state index is 13.2. The minimum Gasteiger partial charge on any atom is -0.359 e. The quantitative estimate of drug-likeness (QED) is 0.300. The van der Waals surface area contributed by atoms with Gasteiger partial charge in [-0.05, 0) is 62.6 Å². The molecule has 0 radical (unpaired) electrons. The Bertz CT molecular complexity index is 1070. The predicted molar refractivity (Wildman–Crippen MR) is 126 cm³/mol. The van der Waals surface area contributed by atoms with Crippen LogP contribution in [-0.4, -0.2) is 76.1 Å². The predicted octanol–water partition coefficient (Wildman–Crippen LogP) is 2.57. The number of carbonyl (C=O) groups is 2. The minimum atomic E-state index is -0.738. The largest absolute Gasteiger partial charge is 0.359 e. The van der Waals surface area contributed by atoms with E-state index in [1.54, 1.807) is 9.80 Å². The number of amidine groups is 1. The number of aliphatic imine (C=N–C) groups is 1. The third-order valence-corrected chi connectivity index (χ3v) is 6.17.